The fourth-order valence-electron chi connectivity index (χ4n) is 1.81. The molecule has 0 N–H and O–H groups in total. The lowest BCUT2D eigenvalue weighted by molar-refractivity contribution is 0.0525. The van der Waals surface area contributed by atoms with Crippen molar-refractivity contribution < 1.29 is 4.74 Å². The van der Waals surface area contributed by atoms with Gasteiger partial charge in [-0.25, -0.2) is 0 Å². The van der Waals surface area contributed by atoms with Crippen molar-refractivity contribution in [3.63, 3.8) is 0 Å². The van der Waals surface area contributed by atoms with Crippen LogP contribution in [0.1, 0.15) is 33.1 Å². The number of hydrogen-bond acceptors (Lipinski definition) is 3. The molecule has 0 aromatic carbocycles. The molecule has 0 aliphatic carbocycles. The van der Waals surface area contributed by atoms with Gasteiger partial charge >= 0.3 is 0 Å². The van der Waals surface area contributed by atoms with Gasteiger partial charge < -0.3 is 4.74 Å². The maximum Gasteiger partial charge on any atom is 0.0714 e. The van der Waals surface area contributed by atoms with Gasteiger partial charge in [-0.2, -0.15) is 5.26 Å². The molecule has 1 aliphatic rings. The highest BCUT2D eigenvalue weighted by Crippen LogP contribution is 2.13. The Hall–Kier alpha value is -0.590. The minimum atomic E-state index is 0.405. The van der Waals surface area contributed by atoms with Crippen LogP contribution in [0.3, 0.4) is 0 Å². The summed E-state index contributed by atoms with van der Waals surface area (Å²) in [5, 5.41) is 8.49. The van der Waals surface area contributed by atoms with E-state index in [-0.39, 0.29) is 0 Å². The molecule has 15 heavy (non-hydrogen) atoms. The first-order valence-corrected chi connectivity index (χ1v) is 5.93. The molecule has 1 saturated heterocycles. The van der Waals surface area contributed by atoms with E-state index in [1.165, 1.54) is 0 Å². The van der Waals surface area contributed by atoms with E-state index in [0.717, 1.165) is 45.0 Å². The fourth-order valence-corrected chi connectivity index (χ4v) is 1.81. The molecule has 0 radical (unpaired) electrons. The van der Waals surface area contributed by atoms with Gasteiger partial charge in [0.1, 0.15) is 0 Å². The SMILES string of the molecule is CC(C)CCO[C@H]1CCN(CCC#N)C1. The highest BCUT2D eigenvalue weighted by molar-refractivity contribution is 4.79. The number of rotatable bonds is 6. The summed E-state index contributed by atoms with van der Waals surface area (Å²) in [6, 6.07) is 2.19. The standard InChI is InChI=1S/C12H22N2O/c1-11(2)5-9-15-12-4-8-14(10-12)7-3-6-13/h11-12H,3-5,7-10H2,1-2H3/t12-/m0/s1. The summed E-state index contributed by atoms with van der Waals surface area (Å²) in [5.41, 5.74) is 0. The zero-order valence-corrected chi connectivity index (χ0v) is 9.91. The van der Waals surface area contributed by atoms with E-state index < -0.39 is 0 Å². The summed E-state index contributed by atoms with van der Waals surface area (Å²) in [5.74, 6) is 0.723. The molecule has 0 saturated carbocycles. The van der Waals surface area contributed by atoms with E-state index in [4.69, 9.17) is 10.00 Å². The lowest BCUT2D eigenvalue weighted by Gasteiger charge is -2.15. The molecule has 86 valence electrons. The molecule has 0 aromatic heterocycles. The van der Waals surface area contributed by atoms with Gasteiger partial charge in [0.05, 0.1) is 12.2 Å². The molecule has 3 heteroatoms. The third kappa shape index (κ3) is 5.15. The lowest BCUT2D eigenvalue weighted by atomic mass is 10.1. The summed E-state index contributed by atoms with van der Waals surface area (Å²) < 4.78 is 5.80. The van der Waals surface area contributed by atoms with E-state index in [1.807, 2.05) is 0 Å². The molecule has 1 aliphatic heterocycles. The number of likely N-dealkylation sites (tertiary alicyclic amines) is 1. The molecule has 3 nitrogen and oxygen atoms in total. The number of nitrogens with zero attached hydrogens (tertiary/aromatic N) is 2. The summed E-state index contributed by atoms with van der Waals surface area (Å²) in [6.45, 7) is 8.33. The quantitative estimate of drug-likeness (QED) is 0.673. The van der Waals surface area contributed by atoms with Crippen LogP contribution >= 0.6 is 0 Å². The van der Waals surface area contributed by atoms with Crippen LogP contribution in [0.2, 0.25) is 0 Å². The Morgan fingerprint density at radius 1 is 1.53 bits per heavy atom. The predicted octanol–water partition coefficient (Wildman–Crippen LogP) is 2.04. The number of hydrogen-bond donors (Lipinski definition) is 0. The molecular weight excluding hydrogens is 188 g/mol. The van der Waals surface area contributed by atoms with E-state index in [9.17, 15) is 0 Å². The normalized spacial score (nSPS) is 22.1. The average molecular weight is 210 g/mol. The third-order valence-corrected chi connectivity index (χ3v) is 2.82. The van der Waals surface area contributed by atoms with Crippen molar-refractivity contribution in [2.24, 2.45) is 5.92 Å². The minimum Gasteiger partial charge on any atom is -0.377 e. The molecule has 1 rings (SSSR count). The van der Waals surface area contributed by atoms with Gasteiger partial charge in [-0.3, -0.25) is 4.90 Å². The van der Waals surface area contributed by atoms with Crippen molar-refractivity contribution in [1.29, 1.82) is 5.26 Å². The van der Waals surface area contributed by atoms with Gasteiger partial charge in [0, 0.05) is 32.7 Å². The molecule has 0 amide bonds. The van der Waals surface area contributed by atoms with Crippen LogP contribution in [0.15, 0.2) is 0 Å². The van der Waals surface area contributed by atoms with E-state index in [0.29, 0.717) is 12.5 Å². The lowest BCUT2D eigenvalue weighted by Crippen LogP contribution is -2.24. The van der Waals surface area contributed by atoms with Crippen molar-refractivity contribution in [2.45, 2.75) is 39.2 Å². The zero-order chi connectivity index (χ0) is 11.1. The predicted molar refractivity (Wildman–Crippen MR) is 60.5 cm³/mol. The minimum absolute atomic E-state index is 0.405. The number of nitriles is 1. The van der Waals surface area contributed by atoms with Crippen LogP contribution in [0.4, 0.5) is 0 Å². The molecule has 1 atom stereocenters. The molecule has 0 bridgehead atoms. The van der Waals surface area contributed by atoms with Gasteiger partial charge in [0.15, 0.2) is 0 Å². The maximum atomic E-state index is 8.49. The van der Waals surface area contributed by atoms with Crippen molar-refractivity contribution in [3.05, 3.63) is 0 Å². The van der Waals surface area contributed by atoms with Crippen LogP contribution in [0.5, 0.6) is 0 Å². The van der Waals surface area contributed by atoms with Crippen LogP contribution in [0.25, 0.3) is 0 Å². The Morgan fingerprint density at radius 2 is 2.33 bits per heavy atom. The van der Waals surface area contributed by atoms with E-state index in [2.05, 4.69) is 24.8 Å². The maximum absolute atomic E-state index is 8.49. The van der Waals surface area contributed by atoms with Gasteiger partial charge in [0.25, 0.3) is 0 Å². The highest BCUT2D eigenvalue weighted by Gasteiger charge is 2.22. The molecule has 0 unspecified atom stereocenters. The first-order chi connectivity index (χ1) is 7.22. The van der Waals surface area contributed by atoms with Crippen LogP contribution in [-0.2, 0) is 4.74 Å². The summed E-state index contributed by atoms with van der Waals surface area (Å²) in [7, 11) is 0. The summed E-state index contributed by atoms with van der Waals surface area (Å²) in [4.78, 5) is 2.32. The van der Waals surface area contributed by atoms with E-state index in [1.54, 1.807) is 0 Å². The topological polar surface area (TPSA) is 36.3 Å². The Bertz CT molecular complexity index is 210. The van der Waals surface area contributed by atoms with Gasteiger partial charge in [-0.1, -0.05) is 13.8 Å². The molecule has 1 heterocycles. The van der Waals surface area contributed by atoms with Crippen molar-refractivity contribution in [1.82, 2.24) is 4.90 Å². The van der Waals surface area contributed by atoms with Gasteiger partial charge in [-0.05, 0) is 18.8 Å². The highest BCUT2D eigenvalue weighted by atomic mass is 16.5. The molecule has 1 fully saturated rings. The largest absolute Gasteiger partial charge is 0.377 e. The first-order valence-electron chi connectivity index (χ1n) is 5.93. The van der Waals surface area contributed by atoms with Crippen molar-refractivity contribution in [2.75, 3.05) is 26.2 Å². The van der Waals surface area contributed by atoms with Crippen LogP contribution < -0.4 is 0 Å². The van der Waals surface area contributed by atoms with E-state index >= 15 is 0 Å². The summed E-state index contributed by atoms with van der Waals surface area (Å²) in [6.07, 6.45) is 3.32. The second-order valence-corrected chi connectivity index (χ2v) is 4.67. The monoisotopic (exact) mass is 210 g/mol. The molecular formula is C12H22N2O. The Balaban J connectivity index is 2.06. The van der Waals surface area contributed by atoms with Crippen LogP contribution in [-0.4, -0.2) is 37.2 Å². The van der Waals surface area contributed by atoms with Crippen LogP contribution in [0, 0.1) is 17.2 Å². The number of ether oxygens (including phenoxy) is 1. The van der Waals surface area contributed by atoms with Crippen molar-refractivity contribution >= 4 is 0 Å². The Kier molecular flexibility index (Phi) is 5.67. The van der Waals surface area contributed by atoms with Crippen molar-refractivity contribution in [3.8, 4) is 6.07 Å². The summed E-state index contributed by atoms with van der Waals surface area (Å²) >= 11 is 0. The Morgan fingerprint density at radius 3 is 3.00 bits per heavy atom. The Labute approximate surface area is 93.0 Å². The average Bonchev–Trinajstić information content (AvgIpc) is 2.62. The second kappa shape index (κ2) is 6.81. The fraction of sp³-hybridized carbons (Fsp3) is 0.917. The smallest absolute Gasteiger partial charge is 0.0714 e. The van der Waals surface area contributed by atoms with Gasteiger partial charge in [0.2, 0.25) is 0 Å². The third-order valence-electron chi connectivity index (χ3n) is 2.82. The van der Waals surface area contributed by atoms with Gasteiger partial charge in [-0.15, -0.1) is 0 Å². The molecule has 0 spiro atoms. The second-order valence-electron chi connectivity index (χ2n) is 4.67. The first kappa shape index (κ1) is 12.5. The zero-order valence-electron chi connectivity index (χ0n) is 9.91. The molecule has 0 aromatic rings.